The molecule has 1 rings (SSSR count). The maximum absolute atomic E-state index is 9.10. The highest BCUT2D eigenvalue weighted by Gasteiger charge is 2.21. The van der Waals surface area contributed by atoms with E-state index in [-0.39, 0.29) is 11.1 Å². The second kappa shape index (κ2) is 5.92. The van der Waals surface area contributed by atoms with E-state index in [9.17, 15) is 0 Å². The molecule has 1 aromatic rings. The molecule has 0 amide bonds. The molecule has 6 heteroatoms. The van der Waals surface area contributed by atoms with Crippen LogP contribution in [0.5, 0.6) is 0 Å². The van der Waals surface area contributed by atoms with Crippen LogP contribution in [0.1, 0.15) is 24.3 Å². The van der Waals surface area contributed by atoms with Crippen molar-refractivity contribution in [2.75, 3.05) is 38.2 Å². The highest BCUT2D eigenvalue weighted by molar-refractivity contribution is 7.17. The summed E-state index contributed by atoms with van der Waals surface area (Å²) in [6, 6.07) is 4.07. The van der Waals surface area contributed by atoms with Gasteiger partial charge in [0.1, 0.15) is 27.6 Å². The molecule has 0 unspecified atom stereocenters. The molecule has 0 aliphatic carbocycles. The van der Waals surface area contributed by atoms with Crippen LogP contribution in [-0.2, 0) is 0 Å². The summed E-state index contributed by atoms with van der Waals surface area (Å²) in [7, 11) is 4.05. The third-order valence-corrected chi connectivity index (χ3v) is 3.70. The quantitative estimate of drug-likeness (QED) is 0.860. The molecule has 0 aliphatic rings. The summed E-state index contributed by atoms with van der Waals surface area (Å²) in [4.78, 5) is 2.51. The van der Waals surface area contributed by atoms with Crippen molar-refractivity contribution >= 4 is 22.0 Å². The van der Waals surface area contributed by atoms with E-state index >= 15 is 0 Å². The van der Waals surface area contributed by atoms with Gasteiger partial charge in [-0.15, -0.1) is 11.3 Å². The monoisotopic (exact) mass is 277 g/mol. The molecule has 19 heavy (non-hydrogen) atoms. The summed E-state index contributed by atoms with van der Waals surface area (Å²) in [5, 5.41) is 22.0. The van der Waals surface area contributed by atoms with Gasteiger partial charge in [-0.25, -0.2) is 0 Å². The second-order valence-electron chi connectivity index (χ2n) is 5.53. The number of anilines is 2. The molecular weight excluding hydrogens is 258 g/mol. The van der Waals surface area contributed by atoms with Gasteiger partial charge in [-0.05, 0) is 19.5 Å². The number of nitrogens with zero attached hydrogens (tertiary/aromatic N) is 3. The van der Waals surface area contributed by atoms with Crippen molar-refractivity contribution in [3.05, 3.63) is 10.4 Å². The third-order valence-electron chi connectivity index (χ3n) is 2.63. The van der Waals surface area contributed by atoms with Gasteiger partial charge in [0.25, 0.3) is 0 Å². The predicted molar refractivity (Wildman–Crippen MR) is 79.0 cm³/mol. The molecule has 102 valence electrons. The molecule has 5 nitrogen and oxygen atoms in total. The molecule has 0 radical (unpaired) electrons. The average molecular weight is 277 g/mol. The van der Waals surface area contributed by atoms with E-state index in [2.05, 4.69) is 30.1 Å². The van der Waals surface area contributed by atoms with Crippen LogP contribution in [0.3, 0.4) is 0 Å². The van der Waals surface area contributed by atoms with Crippen molar-refractivity contribution in [1.29, 1.82) is 10.5 Å². The van der Waals surface area contributed by atoms with E-state index < -0.39 is 0 Å². The summed E-state index contributed by atoms with van der Waals surface area (Å²) in [5.74, 6) is 0. The van der Waals surface area contributed by atoms with Gasteiger partial charge in [0, 0.05) is 13.1 Å². The van der Waals surface area contributed by atoms with Gasteiger partial charge in [-0.3, -0.25) is 0 Å². The van der Waals surface area contributed by atoms with Crippen molar-refractivity contribution in [2.24, 2.45) is 5.41 Å². The van der Waals surface area contributed by atoms with E-state index in [4.69, 9.17) is 16.3 Å². The maximum Gasteiger partial charge on any atom is 0.131 e. The van der Waals surface area contributed by atoms with Crippen molar-refractivity contribution in [2.45, 2.75) is 13.8 Å². The Morgan fingerprint density at radius 2 is 1.95 bits per heavy atom. The zero-order chi connectivity index (χ0) is 14.6. The van der Waals surface area contributed by atoms with Crippen LogP contribution < -0.4 is 11.1 Å². The molecule has 1 heterocycles. The lowest BCUT2D eigenvalue weighted by molar-refractivity contribution is 0.254. The Labute approximate surface area is 118 Å². The Kier molecular flexibility index (Phi) is 4.77. The molecule has 0 saturated heterocycles. The Balaban J connectivity index is 2.85. The van der Waals surface area contributed by atoms with Crippen molar-refractivity contribution in [3.63, 3.8) is 0 Å². The van der Waals surface area contributed by atoms with Gasteiger partial charge in [0.05, 0.1) is 5.69 Å². The summed E-state index contributed by atoms with van der Waals surface area (Å²) >= 11 is 1.24. The normalized spacial score (nSPS) is 11.1. The number of rotatable bonds is 5. The van der Waals surface area contributed by atoms with Gasteiger partial charge in [0.15, 0.2) is 0 Å². The smallest absolute Gasteiger partial charge is 0.131 e. The lowest BCUT2D eigenvalue weighted by Crippen LogP contribution is -2.34. The number of hydrogen-bond acceptors (Lipinski definition) is 6. The third kappa shape index (κ3) is 3.85. The fourth-order valence-corrected chi connectivity index (χ4v) is 2.86. The topological polar surface area (TPSA) is 88.9 Å². The van der Waals surface area contributed by atoms with Crippen molar-refractivity contribution < 1.29 is 0 Å². The van der Waals surface area contributed by atoms with Crippen LogP contribution >= 0.6 is 11.3 Å². The van der Waals surface area contributed by atoms with Crippen LogP contribution in [0.2, 0.25) is 0 Å². The van der Waals surface area contributed by atoms with Crippen LogP contribution in [0.25, 0.3) is 0 Å². The zero-order valence-electron chi connectivity index (χ0n) is 11.7. The number of nitriles is 2. The maximum atomic E-state index is 9.10. The Bertz CT molecular complexity index is 530. The van der Waals surface area contributed by atoms with Crippen LogP contribution in [-0.4, -0.2) is 32.1 Å². The van der Waals surface area contributed by atoms with Gasteiger partial charge < -0.3 is 16.0 Å². The average Bonchev–Trinajstić information content (AvgIpc) is 2.61. The second-order valence-corrected chi connectivity index (χ2v) is 6.55. The molecule has 3 N–H and O–H groups in total. The SMILES string of the molecule is CN(C)CC(C)(C)CNc1sc(C#N)c(N)c1C#N. The first-order valence-corrected chi connectivity index (χ1v) is 6.73. The van der Waals surface area contributed by atoms with Gasteiger partial charge in [0.2, 0.25) is 0 Å². The summed E-state index contributed by atoms with van der Waals surface area (Å²) in [6.45, 7) is 5.93. The fraction of sp³-hybridized carbons (Fsp3) is 0.538. The molecule has 0 aliphatic heterocycles. The molecule has 0 atom stereocenters. The summed E-state index contributed by atoms with van der Waals surface area (Å²) < 4.78 is 0. The minimum absolute atomic E-state index is 0.0573. The van der Waals surface area contributed by atoms with Crippen molar-refractivity contribution in [1.82, 2.24) is 4.90 Å². The predicted octanol–water partition coefficient (Wildman–Crippen LogP) is 2.07. The Morgan fingerprint density at radius 3 is 2.42 bits per heavy atom. The van der Waals surface area contributed by atoms with E-state index in [0.29, 0.717) is 22.0 Å². The highest BCUT2D eigenvalue weighted by Crippen LogP contribution is 2.35. The summed E-state index contributed by atoms with van der Waals surface area (Å²) in [5.41, 5.74) is 6.48. The number of thiophene rings is 1. The first-order chi connectivity index (χ1) is 8.80. The van der Waals surface area contributed by atoms with Gasteiger partial charge in [-0.2, -0.15) is 10.5 Å². The lowest BCUT2D eigenvalue weighted by Gasteiger charge is -2.28. The first-order valence-electron chi connectivity index (χ1n) is 5.92. The van der Waals surface area contributed by atoms with Crippen LogP contribution in [0.4, 0.5) is 10.7 Å². The van der Waals surface area contributed by atoms with Gasteiger partial charge >= 0.3 is 0 Å². The number of nitrogen functional groups attached to an aromatic ring is 1. The summed E-state index contributed by atoms with van der Waals surface area (Å²) in [6.07, 6.45) is 0. The van der Waals surface area contributed by atoms with E-state index in [1.807, 2.05) is 20.2 Å². The van der Waals surface area contributed by atoms with E-state index in [1.165, 1.54) is 11.3 Å². The van der Waals surface area contributed by atoms with Crippen LogP contribution in [0.15, 0.2) is 0 Å². The van der Waals surface area contributed by atoms with E-state index in [1.54, 1.807) is 0 Å². The lowest BCUT2D eigenvalue weighted by atomic mass is 9.93. The molecule has 0 aromatic carbocycles. The molecule has 0 bridgehead atoms. The molecular formula is C13H19N5S. The van der Waals surface area contributed by atoms with E-state index in [0.717, 1.165) is 6.54 Å². The Morgan fingerprint density at radius 1 is 1.32 bits per heavy atom. The van der Waals surface area contributed by atoms with Gasteiger partial charge in [-0.1, -0.05) is 13.8 Å². The minimum Gasteiger partial charge on any atom is -0.396 e. The fourth-order valence-electron chi connectivity index (χ4n) is 1.99. The van der Waals surface area contributed by atoms with Crippen molar-refractivity contribution in [3.8, 4) is 12.1 Å². The first kappa shape index (κ1) is 15.3. The molecule has 0 saturated carbocycles. The number of hydrogen-bond donors (Lipinski definition) is 2. The molecule has 1 aromatic heterocycles. The van der Waals surface area contributed by atoms with Crippen LogP contribution in [0, 0.1) is 28.1 Å². The minimum atomic E-state index is 0.0573. The molecule has 0 fully saturated rings. The number of nitrogens with one attached hydrogen (secondary N) is 1. The zero-order valence-corrected chi connectivity index (χ0v) is 12.6. The molecule has 0 spiro atoms. The largest absolute Gasteiger partial charge is 0.396 e. The number of nitrogens with two attached hydrogens (primary N) is 1. The highest BCUT2D eigenvalue weighted by atomic mass is 32.1. The standard InChI is InChI=1S/C13H19N5S/c1-13(2,8-18(3)4)7-17-12-9(5-14)11(16)10(6-15)19-12/h17H,7-8,16H2,1-4H3. The Hall–Kier alpha value is -1.76.